The third kappa shape index (κ3) is 4.24. The molecule has 136 valence electrons. The minimum absolute atomic E-state index is 0.252. The maximum Gasteiger partial charge on any atom is 0.387 e. The predicted octanol–water partition coefficient (Wildman–Crippen LogP) is 4.12. The number of ether oxygens (including phenoxy) is 1. The first-order valence-electron chi connectivity index (χ1n) is 7.93. The van der Waals surface area contributed by atoms with Crippen molar-refractivity contribution in [2.24, 2.45) is 0 Å². The molecule has 0 fully saturated rings. The van der Waals surface area contributed by atoms with Crippen molar-refractivity contribution in [3.8, 4) is 5.75 Å². The second kappa shape index (κ2) is 7.77. The van der Waals surface area contributed by atoms with Crippen LogP contribution in [0, 0.1) is 10.1 Å². The molecule has 0 bridgehead atoms. The molecule has 9 heteroatoms. The minimum atomic E-state index is -3.06. The summed E-state index contributed by atoms with van der Waals surface area (Å²) in [6.45, 7) is -2.60. The van der Waals surface area contributed by atoms with Crippen molar-refractivity contribution in [1.29, 1.82) is 0 Å². The van der Waals surface area contributed by atoms with E-state index < -0.39 is 11.5 Å². The quantitative estimate of drug-likeness (QED) is 0.357. The van der Waals surface area contributed by atoms with Crippen molar-refractivity contribution in [3.05, 3.63) is 58.4 Å². The maximum absolute atomic E-state index is 12.5. The number of para-hydroxylation sites is 2. The first kappa shape index (κ1) is 17.6. The summed E-state index contributed by atoms with van der Waals surface area (Å²) in [6, 6.07) is 11.3. The van der Waals surface area contributed by atoms with Gasteiger partial charge in [-0.1, -0.05) is 12.1 Å². The summed E-state index contributed by atoms with van der Waals surface area (Å²) in [5, 5.41) is 13.7. The molecule has 26 heavy (non-hydrogen) atoms. The number of nitro groups is 1. The van der Waals surface area contributed by atoms with E-state index in [0.717, 1.165) is 22.9 Å². The molecule has 0 unspecified atom stereocenters. The highest BCUT2D eigenvalue weighted by atomic mass is 19.3. The number of hydrogen-bond donors (Lipinski definition) is 2. The van der Waals surface area contributed by atoms with E-state index in [-0.39, 0.29) is 17.1 Å². The molecule has 0 amide bonds. The Balaban J connectivity index is 1.60. The van der Waals surface area contributed by atoms with Gasteiger partial charge in [0.1, 0.15) is 5.82 Å². The van der Waals surface area contributed by atoms with Crippen LogP contribution in [0.1, 0.15) is 12.2 Å². The Hall–Kier alpha value is -3.23. The Bertz CT molecular complexity index is 881. The molecule has 1 aromatic heterocycles. The molecule has 1 heterocycles. The van der Waals surface area contributed by atoms with E-state index in [1.165, 1.54) is 12.1 Å². The van der Waals surface area contributed by atoms with E-state index in [1.54, 1.807) is 0 Å². The fourth-order valence-corrected chi connectivity index (χ4v) is 2.57. The second-order valence-electron chi connectivity index (χ2n) is 5.55. The van der Waals surface area contributed by atoms with Crippen molar-refractivity contribution < 1.29 is 18.4 Å². The van der Waals surface area contributed by atoms with Crippen LogP contribution in [0.15, 0.2) is 42.5 Å². The molecule has 3 rings (SSSR count). The lowest BCUT2D eigenvalue weighted by atomic mass is 10.2. The average molecular weight is 362 g/mol. The van der Waals surface area contributed by atoms with Crippen LogP contribution >= 0.6 is 0 Å². The summed E-state index contributed by atoms with van der Waals surface area (Å²) < 4.78 is 29.4. The molecule has 0 saturated heterocycles. The van der Waals surface area contributed by atoms with Crippen molar-refractivity contribution in [2.75, 3.05) is 11.9 Å². The molecule has 0 aliphatic carbocycles. The van der Waals surface area contributed by atoms with Gasteiger partial charge < -0.3 is 15.0 Å². The van der Waals surface area contributed by atoms with Crippen LogP contribution in [-0.4, -0.2) is 28.0 Å². The van der Waals surface area contributed by atoms with Crippen LogP contribution < -0.4 is 10.1 Å². The number of hydrogen-bond acceptors (Lipinski definition) is 5. The highest BCUT2D eigenvalue weighted by Crippen LogP contribution is 2.30. The van der Waals surface area contributed by atoms with E-state index in [1.807, 2.05) is 24.3 Å². The maximum atomic E-state index is 12.5. The normalized spacial score (nSPS) is 11.0. The first-order chi connectivity index (χ1) is 12.5. The summed E-state index contributed by atoms with van der Waals surface area (Å²) in [5.74, 6) is 0.582. The van der Waals surface area contributed by atoms with Crippen LogP contribution in [0.2, 0.25) is 0 Å². The highest BCUT2D eigenvalue weighted by molar-refractivity contribution is 5.74. The number of nitrogens with one attached hydrogen (secondary N) is 2. The summed E-state index contributed by atoms with van der Waals surface area (Å²) >= 11 is 0. The topological polar surface area (TPSA) is 93.1 Å². The zero-order valence-corrected chi connectivity index (χ0v) is 13.6. The molecule has 2 aromatic carbocycles. The number of alkyl halides is 2. The van der Waals surface area contributed by atoms with Gasteiger partial charge in [0.15, 0.2) is 5.75 Å². The fraction of sp³-hybridized carbons (Fsp3) is 0.235. The van der Waals surface area contributed by atoms with Gasteiger partial charge in [-0.3, -0.25) is 10.1 Å². The summed E-state index contributed by atoms with van der Waals surface area (Å²) in [6.07, 6.45) is 1.35. The number of H-pyrrole nitrogens is 1. The molecule has 0 radical (unpaired) electrons. The van der Waals surface area contributed by atoms with Crippen LogP contribution in [0.4, 0.5) is 20.2 Å². The largest absolute Gasteiger partial charge is 0.432 e. The number of aromatic nitrogens is 2. The third-order valence-electron chi connectivity index (χ3n) is 3.74. The molecular formula is C17H16F2N4O3. The SMILES string of the molecule is O=[N+]([O-])c1ccc(NCCCc2nc3ccccc3[nH]2)c(OC(F)F)c1. The average Bonchev–Trinajstić information content (AvgIpc) is 3.01. The molecule has 0 spiro atoms. The number of anilines is 1. The fourth-order valence-electron chi connectivity index (χ4n) is 2.57. The molecule has 0 aliphatic heterocycles. The number of aryl methyl sites for hydroxylation is 1. The number of aromatic amines is 1. The molecule has 7 nitrogen and oxygen atoms in total. The molecule has 0 atom stereocenters. The van der Waals surface area contributed by atoms with Gasteiger partial charge in [0.25, 0.3) is 5.69 Å². The van der Waals surface area contributed by atoms with Gasteiger partial charge in [-0.25, -0.2) is 4.98 Å². The Morgan fingerprint density at radius 3 is 2.81 bits per heavy atom. The van der Waals surface area contributed by atoms with Gasteiger partial charge in [-0.05, 0) is 24.6 Å². The van der Waals surface area contributed by atoms with Crippen LogP contribution in [0.3, 0.4) is 0 Å². The van der Waals surface area contributed by atoms with Crippen LogP contribution in [0.5, 0.6) is 5.75 Å². The van der Waals surface area contributed by atoms with Crippen LogP contribution in [-0.2, 0) is 6.42 Å². The van der Waals surface area contributed by atoms with Crippen molar-refractivity contribution in [2.45, 2.75) is 19.5 Å². The summed E-state index contributed by atoms with van der Waals surface area (Å²) in [4.78, 5) is 17.8. The lowest BCUT2D eigenvalue weighted by molar-refractivity contribution is -0.385. The highest BCUT2D eigenvalue weighted by Gasteiger charge is 2.15. The third-order valence-corrected chi connectivity index (χ3v) is 3.74. The van der Waals surface area contributed by atoms with Gasteiger partial charge in [0, 0.05) is 19.0 Å². The number of imidazole rings is 1. The van der Waals surface area contributed by atoms with Crippen molar-refractivity contribution in [3.63, 3.8) is 0 Å². The standard InChI is InChI=1S/C17H16F2N4O3/c18-17(19)26-15-10-11(23(24)25)7-8-14(15)20-9-3-6-16-21-12-4-1-2-5-13(12)22-16/h1-2,4-5,7-8,10,17,20H,3,6,9H2,(H,21,22). The summed E-state index contributed by atoms with van der Waals surface area (Å²) in [7, 11) is 0. The van der Waals surface area contributed by atoms with E-state index in [9.17, 15) is 18.9 Å². The number of halogens is 2. The van der Waals surface area contributed by atoms with Gasteiger partial charge >= 0.3 is 6.61 Å². The lowest BCUT2D eigenvalue weighted by Crippen LogP contribution is -2.08. The number of fused-ring (bicyclic) bond motifs is 1. The monoisotopic (exact) mass is 362 g/mol. The van der Waals surface area contributed by atoms with Gasteiger partial charge in [0.05, 0.1) is 27.7 Å². The van der Waals surface area contributed by atoms with E-state index >= 15 is 0 Å². The zero-order valence-electron chi connectivity index (χ0n) is 13.6. The van der Waals surface area contributed by atoms with Gasteiger partial charge in [-0.15, -0.1) is 0 Å². The molecular weight excluding hydrogens is 346 g/mol. The predicted molar refractivity (Wildman–Crippen MR) is 92.6 cm³/mol. The molecule has 3 aromatic rings. The van der Waals surface area contributed by atoms with Crippen LogP contribution in [0.25, 0.3) is 11.0 Å². The van der Waals surface area contributed by atoms with E-state index in [4.69, 9.17) is 0 Å². The lowest BCUT2D eigenvalue weighted by Gasteiger charge is -2.12. The summed E-state index contributed by atoms with van der Waals surface area (Å²) in [5.41, 5.74) is 1.81. The van der Waals surface area contributed by atoms with Gasteiger partial charge in [-0.2, -0.15) is 8.78 Å². The molecule has 0 saturated carbocycles. The van der Waals surface area contributed by atoms with E-state index in [2.05, 4.69) is 20.0 Å². The number of nitrogens with zero attached hydrogens (tertiary/aromatic N) is 2. The number of benzene rings is 2. The van der Waals surface area contributed by atoms with Crippen molar-refractivity contribution in [1.82, 2.24) is 9.97 Å². The Morgan fingerprint density at radius 2 is 2.08 bits per heavy atom. The Kier molecular flexibility index (Phi) is 5.26. The number of rotatable bonds is 8. The zero-order chi connectivity index (χ0) is 18.5. The van der Waals surface area contributed by atoms with Gasteiger partial charge in [0.2, 0.25) is 0 Å². The second-order valence-corrected chi connectivity index (χ2v) is 5.55. The number of nitro benzene ring substituents is 1. The minimum Gasteiger partial charge on any atom is -0.432 e. The number of non-ortho nitro benzene ring substituents is 1. The first-order valence-corrected chi connectivity index (χ1v) is 7.93. The Labute approximate surface area is 147 Å². The smallest absolute Gasteiger partial charge is 0.387 e. The van der Waals surface area contributed by atoms with E-state index in [0.29, 0.717) is 19.4 Å². The Morgan fingerprint density at radius 1 is 1.27 bits per heavy atom. The molecule has 0 aliphatic rings. The molecule has 2 N–H and O–H groups in total. The van der Waals surface area contributed by atoms with Crippen molar-refractivity contribution >= 4 is 22.4 Å².